The second-order valence-electron chi connectivity index (χ2n) is 4.96. The van der Waals surface area contributed by atoms with Gasteiger partial charge in [0.25, 0.3) is 15.9 Å². The number of halogens is 2. The Bertz CT molecular complexity index is 644. The van der Waals surface area contributed by atoms with Crippen LogP contribution >= 0.6 is 0 Å². The fraction of sp³-hybridized carbons (Fsp3) is 0.462. The third-order valence-electron chi connectivity index (χ3n) is 3.07. The molecule has 0 unspecified atom stereocenters. The lowest BCUT2D eigenvalue weighted by atomic mass is 10.3. The molecule has 1 aliphatic rings. The van der Waals surface area contributed by atoms with Gasteiger partial charge in [0.15, 0.2) is 0 Å². The van der Waals surface area contributed by atoms with Crippen LogP contribution in [-0.2, 0) is 19.6 Å². The number of hydrogen-bond donors (Lipinski definition) is 1. The minimum absolute atomic E-state index is 0.378. The molecule has 1 amide bonds. The normalized spacial score (nSPS) is 16.5. The molecule has 8 heteroatoms. The van der Waals surface area contributed by atoms with Crippen LogP contribution in [0.3, 0.4) is 0 Å². The predicted molar refractivity (Wildman–Crippen MR) is 69.8 cm³/mol. The summed E-state index contributed by atoms with van der Waals surface area (Å²) in [5.41, 5.74) is 0. The van der Waals surface area contributed by atoms with Crippen LogP contribution < -0.4 is 4.72 Å². The number of amides is 1. The SMILES string of the molecule is C[C@@H](OCC1CC1)C(=O)NS(=O)(=O)c1cc(F)ccc1F. The topological polar surface area (TPSA) is 72.5 Å². The lowest BCUT2D eigenvalue weighted by Crippen LogP contribution is -2.39. The van der Waals surface area contributed by atoms with Gasteiger partial charge in [-0.05, 0) is 43.9 Å². The van der Waals surface area contributed by atoms with Gasteiger partial charge in [-0.3, -0.25) is 4.79 Å². The quantitative estimate of drug-likeness (QED) is 0.864. The van der Waals surface area contributed by atoms with Crippen LogP contribution in [0.15, 0.2) is 23.1 Å². The maximum atomic E-state index is 13.5. The van der Waals surface area contributed by atoms with E-state index in [2.05, 4.69) is 0 Å². The second-order valence-corrected chi connectivity index (χ2v) is 6.61. The summed E-state index contributed by atoms with van der Waals surface area (Å²) in [5, 5.41) is 0. The molecule has 0 aromatic heterocycles. The number of nitrogens with one attached hydrogen (secondary N) is 1. The van der Waals surface area contributed by atoms with Crippen molar-refractivity contribution in [3.63, 3.8) is 0 Å². The fourth-order valence-electron chi connectivity index (χ4n) is 1.59. The number of carbonyl (C=O) groups excluding carboxylic acids is 1. The van der Waals surface area contributed by atoms with Gasteiger partial charge in [-0.25, -0.2) is 21.9 Å². The van der Waals surface area contributed by atoms with E-state index in [-0.39, 0.29) is 0 Å². The van der Waals surface area contributed by atoms with Gasteiger partial charge in [0.1, 0.15) is 22.6 Å². The van der Waals surface area contributed by atoms with E-state index in [1.165, 1.54) is 6.92 Å². The molecule has 0 radical (unpaired) electrons. The van der Waals surface area contributed by atoms with Crippen LogP contribution in [0.1, 0.15) is 19.8 Å². The monoisotopic (exact) mass is 319 g/mol. The molecular weight excluding hydrogens is 304 g/mol. The van der Waals surface area contributed by atoms with Gasteiger partial charge < -0.3 is 4.74 Å². The summed E-state index contributed by atoms with van der Waals surface area (Å²) in [6.07, 6.45) is 1.07. The number of ether oxygens (including phenoxy) is 1. The molecule has 1 aromatic carbocycles. The summed E-state index contributed by atoms with van der Waals surface area (Å²) in [7, 11) is -4.48. The molecule has 2 rings (SSSR count). The van der Waals surface area contributed by atoms with Gasteiger partial charge in [-0.15, -0.1) is 0 Å². The zero-order chi connectivity index (χ0) is 15.6. The average molecular weight is 319 g/mol. The highest BCUT2D eigenvalue weighted by atomic mass is 32.2. The van der Waals surface area contributed by atoms with Crippen molar-refractivity contribution in [1.29, 1.82) is 0 Å². The van der Waals surface area contributed by atoms with Crippen molar-refractivity contribution in [2.45, 2.75) is 30.8 Å². The predicted octanol–water partition coefficient (Wildman–Crippen LogP) is 1.58. The van der Waals surface area contributed by atoms with E-state index in [1.54, 1.807) is 4.72 Å². The fourth-order valence-corrected chi connectivity index (χ4v) is 2.73. The standard InChI is InChI=1S/C13H15F2NO4S/c1-8(20-7-9-2-3-9)13(17)16-21(18,19)12-6-10(14)4-5-11(12)15/h4-6,8-9H,2-3,7H2,1H3,(H,16,17)/t8-/m1/s1. The lowest BCUT2D eigenvalue weighted by molar-refractivity contribution is -0.130. The van der Waals surface area contributed by atoms with E-state index in [4.69, 9.17) is 4.74 Å². The summed E-state index contributed by atoms with van der Waals surface area (Å²) in [4.78, 5) is 10.8. The molecule has 1 saturated carbocycles. The number of rotatable bonds is 6. The number of hydrogen-bond acceptors (Lipinski definition) is 4. The van der Waals surface area contributed by atoms with E-state index in [9.17, 15) is 22.0 Å². The van der Waals surface area contributed by atoms with Crippen molar-refractivity contribution in [3.8, 4) is 0 Å². The number of carbonyl (C=O) groups is 1. The molecule has 0 aliphatic heterocycles. The highest BCUT2D eigenvalue weighted by molar-refractivity contribution is 7.90. The molecule has 0 bridgehead atoms. The van der Waals surface area contributed by atoms with Crippen molar-refractivity contribution < 1.29 is 26.7 Å². The molecule has 1 aromatic rings. The molecule has 0 heterocycles. The van der Waals surface area contributed by atoms with Gasteiger partial charge in [0, 0.05) is 0 Å². The first-order valence-electron chi connectivity index (χ1n) is 6.43. The summed E-state index contributed by atoms with van der Waals surface area (Å²) >= 11 is 0. The van der Waals surface area contributed by atoms with Crippen LogP contribution in [-0.4, -0.2) is 27.0 Å². The Morgan fingerprint density at radius 3 is 2.71 bits per heavy atom. The Hall–Kier alpha value is -1.54. The molecule has 1 aliphatic carbocycles. The Morgan fingerprint density at radius 1 is 1.43 bits per heavy atom. The smallest absolute Gasteiger partial charge is 0.267 e. The van der Waals surface area contributed by atoms with Crippen LogP contribution in [0.25, 0.3) is 0 Å². The first-order valence-corrected chi connectivity index (χ1v) is 7.91. The first kappa shape index (κ1) is 15.8. The zero-order valence-electron chi connectivity index (χ0n) is 11.3. The largest absolute Gasteiger partial charge is 0.368 e. The molecule has 116 valence electrons. The minimum atomic E-state index is -4.48. The molecule has 0 saturated heterocycles. The van der Waals surface area contributed by atoms with E-state index >= 15 is 0 Å². The van der Waals surface area contributed by atoms with E-state index < -0.39 is 38.6 Å². The molecule has 1 fully saturated rings. The van der Waals surface area contributed by atoms with Gasteiger partial charge in [0.05, 0.1) is 6.61 Å². The van der Waals surface area contributed by atoms with Gasteiger partial charge in [-0.2, -0.15) is 0 Å². The van der Waals surface area contributed by atoms with Gasteiger partial charge in [-0.1, -0.05) is 0 Å². The van der Waals surface area contributed by atoms with Crippen molar-refractivity contribution in [3.05, 3.63) is 29.8 Å². The summed E-state index contributed by atoms with van der Waals surface area (Å²) < 4.78 is 57.1. The molecule has 5 nitrogen and oxygen atoms in total. The molecule has 1 atom stereocenters. The maximum absolute atomic E-state index is 13.5. The highest BCUT2D eigenvalue weighted by Crippen LogP contribution is 2.29. The van der Waals surface area contributed by atoms with Crippen LogP contribution in [0.5, 0.6) is 0 Å². The Morgan fingerprint density at radius 2 is 2.10 bits per heavy atom. The van der Waals surface area contributed by atoms with E-state index in [0.29, 0.717) is 24.7 Å². The van der Waals surface area contributed by atoms with Crippen LogP contribution in [0, 0.1) is 17.6 Å². The summed E-state index contributed by atoms with van der Waals surface area (Å²) in [6.45, 7) is 1.78. The molecule has 21 heavy (non-hydrogen) atoms. The Balaban J connectivity index is 2.05. The number of benzene rings is 1. The zero-order valence-corrected chi connectivity index (χ0v) is 12.1. The van der Waals surface area contributed by atoms with Crippen molar-refractivity contribution >= 4 is 15.9 Å². The minimum Gasteiger partial charge on any atom is -0.368 e. The van der Waals surface area contributed by atoms with Crippen LogP contribution in [0.4, 0.5) is 8.78 Å². The first-order chi connectivity index (χ1) is 9.79. The summed E-state index contributed by atoms with van der Waals surface area (Å²) in [6, 6.07) is 1.99. The van der Waals surface area contributed by atoms with Gasteiger partial charge in [0.2, 0.25) is 0 Å². The second kappa shape index (κ2) is 6.07. The third-order valence-corrected chi connectivity index (χ3v) is 4.43. The summed E-state index contributed by atoms with van der Waals surface area (Å²) in [5.74, 6) is -2.55. The average Bonchev–Trinajstić information content (AvgIpc) is 3.22. The Kier molecular flexibility index (Phi) is 4.58. The highest BCUT2D eigenvalue weighted by Gasteiger charge is 2.27. The van der Waals surface area contributed by atoms with Crippen molar-refractivity contribution in [2.75, 3.05) is 6.61 Å². The van der Waals surface area contributed by atoms with Crippen LogP contribution in [0.2, 0.25) is 0 Å². The maximum Gasteiger partial charge on any atom is 0.267 e. The molecular formula is C13H15F2NO4S. The molecule has 1 N–H and O–H groups in total. The van der Waals surface area contributed by atoms with E-state index in [0.717, 1.165) is 18.9 Å². The molecule has 0 spiro atoms. The Labute approximate surface area is 121 Å². The van der Waals surface area contributed by atoms with Crippen molar-refractivity contribution in [2.24, 2.45) is 5.92 Å². The van der Waals surface area contributed by atoms with Crippen molar-refractivity contribution in [1.82, 2.24) is 4.72 Å². The van der Waals surface area contributed by atoms with Gasteiger partial charge >= 0.3 is 0 Å². The number of sulfonamides is 1. The third kappa shape index (κ3) is 4.21. The lowest BCUT2D eigenvalue weighted by Gasteiger charge is -2.13. The van der Waals surface area contributed by atoms with E-state index in [1.807, 2.05) is 0 Å².